The van der Waals surface area contributed by atoms with Crippen LogP contribution in [0.1, 0.15) is 13.8 Å². The summed E-state index contributed by atoms with van der Waals surface area (Å²) in [5.41, 5.74) is 0.722. The predicted octanol–water partition coefficient (Wildman–Crippen LogP) is 1.47. The summed E-state index contributed by atoms with van der Waals surface area (Å²) >= 11 is 0. The van der Waals surface area contributed by atoms with Crippen LogP contribution in [0.15, 0.2) is 18.2 Å². The minimum atomic E-state index is -0.184. The number of benzene rings is 1. The van der Waals surface area contributed by atoms with Crippen molar-refractivity contribution in [1.29, 1.82) is 0 Å². The molecule has 1 fully saturated rings. The second kappa shape index (κ2) is 7.21. The Labute approximate surface area is 136 Å². The molecular formula is C16H23N3O4. The molecule has 23 heavy (non-hydrogen) atoms. The Morgan fingerprint density at radius 3 is 2.52 bits per heavy atom. The van der Waals surface area contributed by atoms with E-state index < -0.39 is 0 Å². The molecule has 7 heteroatoms. The monoisotopic (exact) mass is 321 g/mol. The van der Waals surface area contributed by atoms with E-state index >= 15 is 0 Å². The largest absolute Gasteiger partial charge is 0.493 e. The number of carbonyl (C=O) groups is 2. The van der Waals surface area contributed by atoms with Crippen LogP contribution in [-0.4, -0.2) is 56.7 Å². The third-order valence-corrected chi connectivity index (χ3v) is 3.56. The van der Waals surface area contributed by atoms with Gasteiger partial charge in [0.05, 0.1) is 14.2 Å². The number of nitrogens with one attached hydrogen (secondary N) is 1. The van der Waals surface area contributed by atoms with E-state index in [4.69, 9.17) is 9.47 Å². The minimum Gasteiger partial charge on any atom is -0.493 e. The van der Waals surface area contributed by atoms with Crippen LogP contribution >= 0.6 is 0 Å². The average Bonchev–Trinajstić information content (AvgIpc) is 2.86. The van der Waals surface area contributed by atoms with E-state index in [9.17, 15) is 9.59 Å². The molecule has 2 rings (SSSR count). The van der Waals surface area contributed by atoms with Crippen LogP contribution in [0, 0.1) is 0 Å². The van der Waals surface area contributed by atoms with Crippen molar-refractivity contribution in [2.45, 2.75) is 19.9 Å². The van der Waals surface area contributed by atoms with Crippen LogP contribution in [0.5, 0.6) is 11.5 Å². The zero-order valence-electron chi connectivity index (χ0n) is 14.0. The van der Waals surface area contributed by atoms with Crippen molar-refractivity contribution >= 4 is 17.6 Å². The van der Waals surface area contributed by atoms with Gasteiger partial charge in [-0.2, -0.15) is 0 Å². The predicted molar refractivity (Wildman–Crippen MR) is 87.1 cm³/mol. The molecule has 0 bridgehead atoms. The molecule has 0 spiro atoms. The number of methoxy groups -OCH3 is 2. The number of nitrogens with zero attached hydrogens (tertiary/aromatic N) is 2. The van der Waals surface area contributed by atoms with Gasteiger partial charge in [-0.1, -0.05) is 0 Å². The van der Waals surface area contributed by atoms with E-state index in [0.717, 1.165) is 5.69 Å². The highest BCUT2D eigenvalue weighted by Gasteiger charge is 2.31. The van der Waals surface area contributed by atoms with Gasteiger partial charge in [0.15, 0.2) is 11.5 Å². The fourth-order valence-corrected chi connectivity index (χ4v) is 2.50. The molecule has 0 atom stereocenters. The molecule has 1 aliphatic heterocycles. The smallest absolute Gasteiger partial charge is 0.325 e. The standard InChI is InChI=1S/C16H23N3O4/c1-11(2)17-15(20)10-18-7-8-19(16(18)21)12-5-6-13(22-3)14(9-12)23-4/h5-6,9,11H,7-8,10H2,1-4H3,(H,17,20). The van der Waals surface area contributed by atoms with Gasteiger partial charge in [0.25, 0.3) is 0 Å². The van der Waals surface area contributed by atoms with E-state index in [1.807, 2.05) is 13.8 Å². The molecule has 1 saturated heterocycles. The van der Waals surface area contributed by atoms with Crippen molar-refractivity contribution in [3.63, 3.8) is 0 Å². The summed E-state index contributed by atoms with van der Waals surface area (Å²) in [6, 6.07) is 5.19. The lowest BCUT2D eigenvalue weighted by Gasteiger charge is -2.20. The minimum absolute atomic E-state index is 0.0576. The summed E-state index contributed by atoms with van der Waals surface area (Å²) < 4.78 is 10.5. The number of amides is 3. The fraction of sp³-hybridized carbons (Fsp3) is 0.500. The Balaban J connectivity index is 2.08. The Morgan fingerprint density at radius 1 is 1.22 bits per heavy atom. The van der Waals surface area contributed by atoms with Gasteiger partial charge in [0.2, 0.25) is 5.91 Å². The molecule has 0 unspecified atom stereocenters. The van der Waals surface area contributed by atoms with Crippen LogP contribution in [-0.2, 0) is 4.79 Å². The number of hydrogen-bond acceptors (Lipinski definition) is 4. The second-order valence-electron chi connectivity index (χ2n) is 5.62. The van der Waals surface area contributed by atoms with Crippen molar-refractivity contribution in [3.8, 4) is 11.5 Å². The molecular weight excluding hydrogens is 298 g/mol. The lowest BCUT2D eigenvalue weighted by molar-refractivity contribution is -0.122. The van der Waals surface area contributed by atoms with Crippen molar-refractivity contribution in [2.75, 3.05) is 38.8 Å². The van der Waals surface area contributed by atoms with Gasteiger partial charge in [-0.3, -0.25) is 9.69 Å². The van der Waals surface area contributed by atoms with Crippen LogP contribution in [0.4, 0.5) is 10.5 Å². The molecule has 1 aliphatic rings. The summed E-state index contributed by atoms with van der Waals surface area (Å²) in [6.45, 7) is 4.89. The lowest BCUT2D eigenvalue weighted by Crippen LogP contribution is -2.42. The van der Waals surface area contributed by atoms with Gasteiger partial charge in [0.1, 0.15) is 6.54 Å². The summed E-state index contributed by atoms with van der Waals surface area (Å²) in [7, 11) is 3.11. The maximum atomic E-state index is 12.5. The zero-order chi connectivity index (χ0) is 17.0. The molecule has 0 aliphatic carbocycles. The molecule has 0 radical (unpaired) electrons. The van der Waals surface area contributed by atoms with Gasteiger partial charge in [-0.05, 0) is 26.0 Å². The topological polar surface area (TPSA) is 71.1 Å². The fourth-order valence-electron chi connectivity index (χ4n) is 2.50. The maximum Gasteiger partial charge on any atom is 0.325 e. The van der Waals surface area contributed by atoms with Crippen LogP contribution in [0.2, 0.25) is 0 Å². The number of anilines is 1. The van der Waals surface area contributed by atoms with E-state index in [2.05, 4.69) is 5.32 Å². The van der Waals surface area contributed by atoms with Crippen molar-refractivity contribution in [3.05, 3.63) is 18.2 Å². The number of ether oxygens (including phenoxy) is 2. The van der Waals surface area contributed by atoms with Crippen molar-refractivity contribution in [1.82, 2.24) is 10.2 Å². The Kier molecular flexibility index (Phi) is 5.31. The normalized spacial score (nSPS) is 14.4. The Hall–Kier alpha value is -2.44. The molecule has 126 valence electrons. The molecule has 1 aromatic carbocycles. The molecule has 3 amide bonds. The summed E-state index contributed by atoms with van der Waals surface area (Å²) in [5, 5.41) is 2.79. The first-order valence-corrected chi connectivity index (χ1v) is 7.54. The molecule has 0 aromatic heterocycles. The third-order valence-electron chi connectivity index (χ3n) is 3.56. The van der Waals surface area contributed by atoms with E-state index in [-0.39, 0.29) is 24.5 Å². The third kappa shape index (κ3) is 3.85. The van der Waals surface area contributed by atoms with Crippen molar-refractivity contribution in [2.24, 2.45) is 0 Å². The molecule has 7 nitrogen and oxygen atoms in total. The maximum absolute atomic E-state index is 12.5. The second-order valence-corrected chi connectivity index (χ2v) is 5.62. The Bertz CT molecular complexity index is 589. The number of carbonyl (C=O) groups excluding carboxylic acids is 2. The van der Waals surface area contributed by atoms with Crippen molar-refractivity contribution < 1.29 is 19.1 Å². The van der Waals surface area contributed by atoms with E-state index in [0.29, 0.717) is 24.6 Å². The number of rotatable bonds is 6. The first kappa shape index (κ1) is 16.9. The van der Waals surface area contributed by atoms with Crippen LogP contribution in [0.3, 0.4) is 0 Å². The molecule has 1 N–H and O–H groups in total. The summed E-state index contributed by atoms with van der Waals surface area (Å²) in [4.78, 5) is 27.5. The highest BCUT2D eigenvalue weighted by atomic mass is 16.5. The summed E-state index contributed by atoms with van der Waals surface area (Å²) in [5.74, 6) is 1.02. The van der Waals surface area contributed by atoms with Gasteiger partial charge >= 0.3 is 6.03 Å². The van der Waals surface area contributed by atoms with Gasteiger partial charge in [-0.15, -0.1) is 0 Å². The van der Waals surface area contributed by atoms with E-state index in [1.165, 1.54) is 4.90 Å². The lowest BCUT2D eigenvalue weighted by atomic mass is 10.2. The van der Waals surface area contributed by atoms with Crippen LogP contribution < -0.4 is 19.7 Å². The average molecular weight is 321 g/mol. The highest BCUT2D eigenvalue weighted by molar-refractivity contribution is 5.96. The zero-order valence-corrected chi connectivity index (χ0v) is 14.0. The van der Waals surface area contributed by atoms with Gasteiger partial charge < -0.3 is 19.7 Å². The Morgan fingerprint density at radius 2 is 1.91 bits per heavy atom. The SMILES string of the molecule is COc1ccc(N2CCN(CC(=O)NC(C)C)C2=O)cc1OC. The molecule has 1 heterocycles. The molecule has 1 aromatic rings. The van der Waals surface area contributed by atoms with E-state index in [1.54, 1.807) is 37.3 Å². The van der Waals surface area contributed by atoms with Gasteiger partial charge in [0, 0.05) is 30.9 Å². The molecule has 0 saturated carbocycles. The first-order valence-electron chi connectivity index (χ1n) is 7.54. The number of hydrogen-bond donors (Lipinski definition) is 1. The van der Waals surface area contributed by atoms with Crippen LogP contribution in [0.25, 0.3) is 0 Å². The first-order chi connectivity index (χ1) is 11.0. The number of urea groups is 1. The summed E-state index contributed by atoms with van der Waals surface area (Å²) in [6.07, 6.45) is 0. The highest BCUT2D eigenvalue weighted by Crippen LogP contribution is 2.32. The van der Waals surface area contributed by atoms with Gasteiger partial charge in [-0.25, -0.2) is 4.79 Å². The quantitative estimate of drug-likeness (QED) is 0.861.